The van der Waals surface area contributed by atoms with Gasteiger partial charge < -0.3 is 15.1 Å². The van der Waals surface area contributed by atoms with Crippen molar-refractivity contribution < 1.29 is 10.2 Å². The van der Waals surface area contributed by atoms with Gasteiger partial charge in [0.2, 0.25) is 0 Å². The van der Waals surface area contributed by atoms with Crippen LogP contribution in [0.1, 0.15) is 37.9 Å². The number of anilines is 1. The summed E-state index contributed by atoms with van der Waals surface area (Å²) in [6, 6.07) is 8.12. The summed E-state index contributed by atoms with van der Waals surface area (Å²) in [6.45, 7) is 4.30. The summed E-state index contributed by atoms with van der Waals surface area (Å²) in [6.07, 6.45) is 2.38. The van der Waals surface area contributed by atoms with E-state index in [-0.39, 0.29) is 12.7 Å². The molecule has 3 nitrogen and oxygen atoms in total. The smallest absolute Gasteiger partial charge is 0.0807 e. The van der Waals surface area contributed by atoms with Crippen molar-refractivity contribution >= 4 is 5.69 Å². The number of para-hydroxylation sites is 1. The topological polar surface area (TPSA) is 43.7 Å². The Balaban J connectivity index is 2.14. The number of rotatable bonds is 5. The molecule has 2 unspecified atom stereocenters. The predicted octanol–water partition coefficient (Wildman–Crippen LogP) is 2.34. The molecule has 2 N–H and O–H groups in total. The highest BCUT2D eigenvalue weighted by Crippen LogP contribution is 2.32. The number of aliphatic hydroxyl groups excluding tert-OH is 2. The Morgan fingerprint density at radius 1 is 1.39 bits per heavy atom. The number of nitrogens with zero attached hydrogens (tertiary/aromatic N) is 1. The molecule has 18 heavy (non-hydrogen) atoms. The second kappa shape index (κ2) is 6.21. The van der Waals surface area contributed by atoms with E-state index in [1.54, 1.807) is 0 Å². The highest BCUT2D eigenvalue weighted by Gasteiger charge is 2.24. The fraction of sp³-hybridized carbons (Fsp3) is 0.600. The lowest BCUT2D eigenvalue weighted by atomic mass is 10.0. The zero-order valence-electron chi connectivity index (χ0n) is 11.0. The summed E-state index contributed by atoms with van der Waals surface area (Å²) in [7, 11) is 0. The molecular formula is C15H23NO2. The van der Waals surface area contributed by atoms with Gasteiger partial charge in [0.25, 0.3) is 0 Å². The molecule has 1 saturated heterocycles. The van der Waals surface area contributed by atoms with Crippen LogP contribution < -0.4 is 4.90 Å². The highest BCUT2D eigenvalue weighted by molar-refractivity contribution is 5.55. The Morgan fingerprint density at radius 2 is 2.17 bits per heavy atom. The number of aliphatic hydroxyl groups is 2. The fourth-order valence-electron chi connectivity index (χ4n) is 2.75. The molecule has 100 valence electrons. The maximum Gasteiger partial charge on any atom is 0.0807 e. The zero-order chi connectivity index (χ0) is 13.0. The minimum atomic E-state index is -0.377. The second-order valence-electron chi connectivity index (χ2n) is 5.10. The molecule has 1 fully saturated rings. The van der Waals surface area contributed by atoms with Crippen molar-refractivity contribution in [2.75, 3.05) is 24.6 Å². The van der Waals surface area contributed by atoms with E-state index in [0.29, 0.717) is 5.92 Å². The number of benzene rings is 1. The monoisotopic (exact) mass is 249 g/mol. The number of hydrogen-bond acceptors (Lipinski definition) is 3. The van der Waals surface area contributed by atoms with E-state index in [9.17, 15) is 5.11 Å². The molecule has 0 spiro atoms. The van der Waals surface area contributed by atoms with Crippen molar-refractivity contribution in [2.24, 2.45) is 5.92 Å². The van der Waals surface area contributed by atoms with Gasteiger partial charge in [0.15, 0.2) is 0 Å². The van der Waals surface area contributed by atoms with Crippen LogP contribution in [0.2, 0.25) is 0 Å². The standard InChI is InChI=1S/C15H23NO2/c1-2-15(18)13-5-3-4-6-14(13)16-9-7-12(11-16)8-10-17/h3-6,12,15,17-18H,2,7-11H2,1H3. The summed E-state index contributed by atoms with van der Waals surface area (Å²) < 4.78 is 0. The van der Waals surface area contributed by atoms with Crippen molar-refractivity contribution in [3.63, 3.8) is 0 Å². The van der Waals surface area contributed by atoms with Crippen LogP contribution in [0, 0.1) is 5.92 Å². The van der Waals surface area contributed by atoms with E-state index >= 15 is 0 Å². The van der Waals surface area contributed by atoms with Gasteiger partial charge in [-0.25, -0.2) is 0 Å². The van der Waals surface area contributed by atoms with Crippen LogP contribution in [0.15, 0.2) is 24.3 Å². The molecule has 1 aromatic carbocycles. The average molecular weight is 249 g/mol. The Kier molecular flexibility index (Phi) is 4.61. The van der Waals surface area contributed by atoms with E-state index in [2.05, 4.69) is 11.0 Å². The summed E-state index contributed by atoms with van der Waals surface area (Å²) in [5, 5.41) is 19.1. The summed E-state index contributed by atoms with van der Waals surface area (Å²) in [4.78, 5) is 2.34. The van der Waals surface area contributed by atoms with Gasteiger partial charge in [-0.3, -0.25) is 0 Å². The van der Waals surface area contributed by atoms with Crippen LogP contribution in [-0.4, -0.2) is 29.9 Å². The Labute approximate surface area is 109 Å². The molecule has 0 amide bonds. The van der Waals surface area contributed by atoms with Crippen molar-refractivity contribution in [1.82, 2.24) is 0 Å². The van der Waals surface area contributed by atoms with Gasteiger partial charge in [-0.1, -0.05) is 25.1 Å². The lowest BCUT2D eigenvalue weighted by Gasteiger charge is -2.24. The van der Waals surface area contributed by atoms with Crippen molar-refractivity contribution in [3.8, 4) is 0 Å². The van der Waals surface area contributed by atoms with Crippen LogP contribution in [0.3, 0.4) is 0 Å². The van der Waals surface area contributed by atoms with Crippen molar-refractivity contribution in [1.29, 1.82) is 0 Å². The molecule has 1 aromatic rings. The maximum absolute atomic E-state index is 10.1. The quantitative estimate of drug-likeness (QED) is 0.842. The average Bonchev–Trinajstić information content (AvgIpc) is 2.87. The first-order valence-electron chi connectivity index (χ1n) is 6.89. The molecule has 2 rings (SSSR count). The van der Waals surface area contributed by atoms with Crippen molar-refractivity contribution in [3.05, 3.63) is 29.8 Å². The molecule has 3 heteroatoms. The first-order chi connectivity index (χ1) is 8.76. The Hall–Kier alpha value is -1.06. The lowest BCUT2D eigenvalue weighted by Crippen LogP contribution is -2.22. The predicted molar refractivity (Wildman–Crippen MR) is 73.7 cm³/mol. The van der Waals surface area contributed by atoms with Gasteiger partial charge in [-0.05, 0) is 31.2 Å². The number of hydrogen-bond donors (Lipinski definition) is 2. The molecule has 1 aliphatic heterocycles. The van der Waals surface area contributed by atoms with Crippen LogP contribution in [0.4, 0.5) is 5.69 Å². The molecule has 0 radical (unpaired) electrons. The molecule has 0 saturated carbocycles. The Bertz CT molecular complexity index is 381. The molecule has 0 bridgehead atoms. The molecule has 1 aliphatic rings. The fourth-order valence-corrected chi connectivity index (χ4v) is 2.75. The van der Waals surface area contributed by atoms with Gasteiger partial charge >= 0.3 is 0 Å². The van der Waals surface area contributed by atoms with Gasteiger partial charge in [0.1, 0.15) is 0 Å². The van der Waals surface area contributed by atoms with Crippen molar-refractivity contribution in [2.45, 2.75) is 32.3 Å². The van der Waals surface area contributed by atoms with Crippen LogP contribution >= 0.6 is 0 Å². The van der Waals surface area contributed by atoms with Gasteiger partial charge in [0, 0.05) is 30.9 Å². The van der Waals surface area contributed by atoms with E-state index in [0.717, 1.165) is 43.6 Å². The third-order valence-electron chi connectivity index (χ3n) is 3.85. The van der Waals surface area contributed by atoms with E-state index < -0.39 is 0 Å². The second-order valence-corrected chi connectivity index (χ2v) is 5.10. The first kappa shape index (κ1) is 13.4. The highest BCUT2D eigenvalue weighted by atomic mass is 16.3. The summed E-state index contributed by atoms with van der Waals surface area (Å²) in [5.41, 5.74) is 2.19. The molecule has 2 atom stereocenters. The molecular weight excluding hydrogens is 226 g/mol. The van der Waals surface area contributed by atoms with Crippen LogP contribution in [0.5, 0.6) is 0 Å². The first-order valence-corrected chi connectivity index (χ1v) is 6.89. The summed E-state index contributed by atoms with van der Waals surface area (Å²) >= 11 is 0. The summed E-state index contributed by atoms with van der Waals surface area (Å²) in [5.74, 6) is 0.585. The Morgan fingerprint density at radius 3 is 2.89 bits per heavy atom. The molecule has 0 aromatic heterocycles. The van der Waals surface area contributed by atoms with Gasteiger partial charge in [0.05, 0.1) is 6.10 Å². The van der Waals surface area contributed by atoms with Gasteiger partial charge in [-0.2, -0.15) is 0 Å². The maximum atomic E-state index is 10.1. The zero-order valence-corrected chi connectivity index (χ0v) is 11.0. The minimum Gasteiger partial charge on any atom is -0.396 e. The SMILES string of the molecule is CCC(O)c1ccccc1N1CCC(CCO)C1. The third-order valence-corrected chi connectivity index (χ3v) is 3.85. The van der Waals surface area contributed by atoms with Gasteiger partial charge in [-0.15, -0.1) is 0 Å². The van der Waals surface area contributed by atoms with E-state index in [4.69, 9.17) is 5.11 Å². The third kappa shape index (κ3) is 2.85. The molecule has 1 heterocycles. The van der Waals surface area contributed by atoms with Crippen LogP contribution in [0.25, 0.3) is 0 Å². The van der Waals surface area contributed by atoms with E-state index in [1.165, 1.54) is 0 Å². The van der Waals surface area contributed by atoms with E-state index in [1.807, 2.05) is 25.1 Å². The van der Waals surface area contributed by atoms with Crippen LogP contribution in [-0.2, 0) is 0 Å². The normalized spacial score (nSPS) is 21.3. The minimum absolute atomic E-state index is 0.276. The molecule has 0 aliphatic carbocycles. The lowest BCUT2D eigenvalue weighted by molar-refractivity contribution is 0.174. The largest absolute Gasteiger partial charge is 0.396 e.